The summed E-state index contributed by atoms with van der Waals surface area (Å²) in [4.78, 5) is 11.5. The van der Waals surface area contributed by atoms with Crippen LogP contribution in [-0.2, 0) is 9.47 Å². The number of allylic oxidation sites excluding steroid dienone is 1. The second-order valence-electron chi connectivity index (χ2n) is 5.21. The molecule has 1 aliphatic rings. The number of hydrogen-bond donors (Lipinski definition) is 2. The molecule has 0 spiro atoms. The Morgan fingerprint density at radius 1 is 1.56 bits per heavy atom. The molecule has 0 heterocycles. The predicted octanol–water partition coefficient (Wildman–Crippen LogP) is 2.05. The quantitative estimate of drug-likeness (QED) is 0.756. The first-order valence-corrected chi connectivity index (χ1v) is 6.06. The van der Waals surface area contributed by atoms with Crippen molar-refractivity contribution in [3.05, 3.63) is 23.9 Å². The van der Waals surface area contributed by atoms with Crippen molar-refractivity contribution < 1.29 is 14.3 Å². The van der Waals surface area contributed by atoms with Crippen LogP contribution in [0.3, 0.4) is 0 Å². The fourth-order valence-corrected chi connectivity index (χ4v) is 1.53. The molecule has 0 aromatic carbocycles. The van der Waals surface area contributed by atoms with E-state index in [1.165, 1.54) is 0 Å². The average molecular weight is 254 g/mol. The molecule has 3 N–H and O–H groups in total. The summed E-state index contributed by atoms with van der Waals surface area (Å²) in [6.07, 6.45) is 5.33. The summed E-state index contributed by atoms with van der Waals surface area (Å²) in [5.74, 6) is 0. The van der Waals surface area contributed by atoms with Crippen LogP contribution in [0.25, 0.3) is 0 Å². The third-order valence-electron chi connectivity index (χ3n) is 2.24. The molecule has 0 fully saturated rings. The first-order chi connectivity index (χ1) is 8.24. The highest BCUT2D eigenvalue weighted by atomic mass is 16.6. The molecule has 0 aromatic rings. The van der Waals surface area contributed by atoms with E-state index >= 15 is 0 Å². The summed E-state index contributed by atoms with van der Waals surface area (Å²) < 4.78 is 10.6. The lowest BCUT2D eigenvalue weighted by molar-refractivity contribution is 0.00498. The molecule has 1 atom stereocenters. The van der Waals surface area contributed by atoms with Crippen molar-refractivity contribution in [1.29, 1.82) is 0 Å². The van der Waals surface area contributed by atoms with Gasteiger partial charge in [0, 0.05) is 18.7 Å². The van der Waals surface area contributed by atoms with Gasteiger partial charge in [-0.3, -0.25) is 11.1 Å². The molecule has 1 rings (SSSR count). The van der Waals surface area contributed by atoms with Gasteiger partial charge in [-0.2, -0.15) is 0 Å². The maximum atomic E-state index is 11.5. The van der Waals surface area contributed by atoms with E-state index in [9.17, 15) is 4.79 Å². The molecule has 18 heavy (non-hydrogen) atoms. The van der Waals surface area contributed by atoms with Crippen molar-refractivity contribution in [3.63, 3.8) is 0 Å². The van der Waals surface area contributed by atoms with Crippen molar-refractivity contribution >= 4 is 6.09 Å². The topological polar surface area (TPSA) is 73.6 Å². The highest BCUT2D eigenvalue weighted by molar-refractivity contribution is 5.70. The number of nitrogens with one attached hydrogen (secondary N) is 1. The monoisotopic (exact) mass is 254 g/mol. The van der Waals surface area contributed by atoms with Gasteiger partial charge in [0.05, 0.1) is 0 Å². The highest BCUT2D eigenvalue weighted by Crippen LogP contribution is 2.19. The molecule has 0 saturated carbocycles. The smallest absolute Gasteiger partial charge is 0.412 e. The van der Waals surface area contributed by atoms with Crippen molar-refractivity contribution in [1.82, 2.24) is 5.32 Å². The molecule has 1 amide bonds. The van der Waals surface area contributed by atoms with E-state index < -0.39 is 17.4 Å². The Morgan fingerprint density at radius 2 is 2.22 bits per heavy atom. The van der Waals surface area contributed by atoms with Crippen LogP contribution in [-0.4, -0.2) is 24.0 Å². The van der Waals surface area contributed by atoms with E-state index in [1.807, 2.05) is 33.8 Å². The van der Waals surface area contributed by atoms with E-state index in [0.717, 1.165) is 0 Å². The minimum atomic E-state index is -0.770. The largest absolute Gasteiger partial charge is 0.444 e. The van der Waals surface area contributed by atoms with E-state index in [2.05, 4.69) is 5.32 Å². The maximum absolute atomic E-state index is 11.5. The maximum Gasteiger partial charge on any atom is 0.412 e. The van der Waals surface area contributed by atoms with Crippen LogP contribution in [0.1, 0.15) is 34.1 Å². The van der Waals surface area contributed by atoms with Crippen LogP contribution in [0.4, 0.5) is 4.79 Å². The SMILES string of the molecule is CCOC1(N)C=CC(NC(=O)OC(C)(C)C)=CC1. The van der Waals surface area contributed by atoms with Crippen LogP contribution in [0.5, 0.6) is 0 Å². The molecule has 5 heteroatoms. The zero-order valence-electron chi connectivity index (χ0n) is 11.4. The lowest BCUT2D eigenvalue weighted by atomic mass is 10.0. The Hall–Kier alpha value is -1.33. The normalized spacial score (nSPS) is 23.5. The number of carbonyl (C=O) groups is 1. The molecular weight excluding hydrogens is 232 g/mol. The van der Waals surface area contributed by atoms with Crippen LogP contribution in [0.15, 0.2) is 23.9 Å². The third kappa shape index (κ3) is 4.89. The number of nitrogens with two attached hydrogens (primary N) is 1. The zero-order chi connectivity index (χ0) is 13.8. The van der Waals surface area contributed by atoms with Crippen LogP contribution in [0.2, 0.25) is 0 Å². The van der Waals surface area contributed by atoms with Crippen molar-refractivity contribution in [2.24, 2.45) is 5.73 Å². The van der Waals surface area contributed by atoms with Gasteiger partial charge in [-0.15, -0.1) is 0 Å². The lowest BCUT2D eigenvalue weighted by Gasteiger charge is -2.28. The minimum Gasteiger partial charge on any atom is -0.444 e. The highest BCUT2D eigenvalue weighted by Gasteiger charge is 2.24. The first-order valence-electron chi connectivity index (χ1n) is 6.06. The summed E-state index contributed by atoms with van der Waals surface area (Å²) in [5, 5.41) is 2.66. The first kappa shape index (κ1) is 14.7. The molecule has 102 valence electrons. The standard InChI is InChI=1S/C13H22N2O3/c1-5-17-13(14)8-6-10(7-9-13)15-11(16)18-12(2,3)4/h6-8H,5,9,14H2,1-4H3,(H,15,16). The molecule has 1 aliphatic carbocycles. The third-order valence-corrected chi connectivity index (χ3v) is 2.24. The Morgan fingerprint density at radius 3 is 2.67 bits per heavy atom. The van der Waals surface area contributed by atoms with Gasteiger partial charge in [0.1, 0.15) is 11.3 Å². The number of alkyl carbamates (subject to hydrolysis) is 1. The van der Waals surface area contributed by atoms with Crippen molar-refractivity contribution in [2.45, 2.75) is 45.4 Å². The van der Waals surface area contributed by atoms with Crippen molar-refractivity contribution in [3.8, 4) is 0 Å². The Bertz CT molecular complexity index is 369. The molecule has 5 nitrogen and oxygen atoms in total. The molecular formula is C13H22N2O3. The van der Waals surface area contributed by atoms with E-state index in [-0.39, 0.29) is 0 Å². The number of ether oxygens (including phenoxy) is 2. The summed E-state index contributed by atoms with van der Waals surface area (Å²) >= 11 is 0. The average Bonchev–Trinajstić information content (AvgIpc) is 2.19. The van der Waals surface area contributed by atoms with E-state index in [1.54, 1.807) is 12.2 Å². The van der Waals surface area contributed by atoms with Gasteiger partial charge in [0.15, 0.2) is 0 Å². The van der Waals surface area contributed by atoms with Gasteiger partial charge in [0.2, 0.25) is 0 Å². The van der Waals surface area contributed by atoms with E-state index in [0.29, 0.717) is 18.7 Å². The number of amides is 1. The Labute approximate surface area is 108 Å². The summed E-state index contributed by atoms with van der Waals surface area (Å²) in [5.41, 5.74) is 5.36. The Kier molecular flexibility index (Phi) is 4.53. The number of hydrogen-bond acceptors (Lipinski definition) is 4. The molecule has 1 unspecified atom stereocenters. The van der Waals surface area contributed by atoms with Gasteiger partial charge in [-0.25, -0.2) is 4.79 Å². The predicted molar refractivity (Wildman–Crippen MR) is 69.8 cm³/mol. The van der Waals surface area contributed by atoms with Crippen molar-refractivity contribution in [2.75, 3.05) is 6.61 Å². The minimum absolute atomic E-state index is 0.473. The molecule has 0 aromatic heterocycles. The zero-order valence-corrected chi connectivity index (χ0v) is 11.4. The van der Waals surface area contributed by atoms with Gasteiger partial charge in [-0.1, -0.05) is 6.08 Å². The fourth-order valence-electron chi connectivity index (χ4n) is 1.53. The van der Waals surface area contributed by atoms with E-state index in [4.69, 9.17) is 15.2 Å². The number of rotatable bonds is 3. The van der Waals surface area contributed by atoms with Crippen LogP contribution >= 0.6 is 0 Å². The van der Waals surface area contributed by atoms with Gasteiger partial charge >= 0.3 is 6.09 Å². The second kappa shape index (κ2) is 5.54. The van der Waals surface area contributed by atoms with Crippen LogP contribution in [0, 0.1) is 0 Å². The fraction of sp³-hybridized carbons (Fsp3) is 0.615. The molecule has 0 bridgehead atoms. The Balaban J connectivity index is 2.50. The van der Waals surface area contributed by atoms with Gasteiger partial charge in [0.25, 0.3) is 0 Å². The van der Waals surface area contributed by atoms with Gasteiger partial charge in [-0.05, 0) is 39.8 Å². The lowest BCUT2D eigenvalue weighted by Crippen LogP contribution is -2.42. The molecule has 0 radical (unpaired) electrons. The molecule has 0 aliphatic heterocycles. The summed E-state index contributed by atoms with van der Waals surface area (Å²) in [6.45, 7) is 7.89. The van der Waals surface area contributed by atoms with Gasteiger partial charge < -0.3 is 9.47 Å². The molecule has 0 saturated heterocycles. The number of carbonyl (C=O) groups excluding carboxylic acids is 1. The summed E-state index contributed by atoms with van der Waals surface area (Å²) in [7, 11) is 0. The second-order valence-corrected chi connectivity index (χ2v) is 5.21. The van der Waals surface area contributed by atoms with Crippen LogP contribution < -0.4 is 11.1 Å². The summed E-state index contributed by atoms with van der Waals surface area (Å²) in [6, 6.07) is 0.